The Balaban J connectivity index is 0.928. The van der Waals surface area contributed by atoms with E-state index >= 15 is 0 Å². The normalized spacial score (nSPS) is 11.3. The Morgan fingerprint density at radius 1 is 0.333 bits per heavy atom. The number of hydrogen-bond acceptors (Lipinski definition) is 2. The van der Waals surface area contributed by atoms with Crippen LogP contribution in [0.5, 0.6) is 0 Å². The quantitative estimate of drug-likeness (QED) is 0.0623. The van der Waals surface area contributed by atoms with E-state index in [1.54, 1.807) is 0 Å². The molecule has 0 bridgehead atoms. The summed E-state index contributed by atoms with van der Waals surface area (Å²) in [5, 5.41) is 0. The van der Waals surface area contributed by atoms with Crippen LogP contribution >= 0.6 is 0 Å². The largest absolute Gasteiger partial charge is 0.399 e. The lowest BCUT2D eigenvalue weighted by Gasteiger charge is -2.10. The van der Waals surface area contributed by atoms with Gasteiger partial charge in [-0.15, -0.1) is 0 Å². The summed E-state index contributed by atoms with van der Waals surface area (Å²) in [5.74, 6) is 0. The smallest absolute Gasteiger partial charge is 0.0316 e. The molecule has 2 heteroatoms. The molecule has 0 saturated heterocycles. The van der Waals surface area contributed by atoms with E-state index in [9.17, 15) is 0 Å². The summed E-state index contributed by atoms with van der Waals surface area (Å²) in [6, 6.07) is 31.3. The summed E-state index contributed by atoms with van der Waals surface area (Å²) >= 11 is 0. The zero-order chi connectivity index (χ0) is 33.8. The van der Waals surface area contributed by atoms with Crippen LogP contribution in [0.15, 0.2) is 84.9 Å². The van der Waals surface area contributed by atoms with Crippen molar-refractivity contribution in [3.63, 3.8) is 0 Å². The number of anilines is 2. The van der Waals surface area contributed by atoms with Gasteiger partial charge in [0.15, 0.2) is 0 Å². The fraction of sp³-hybridized carbons (Fsp3) is 0.478. The minimum atomic E-state index is 0.866. The summed E-state index contributed by atoms with van der Waals surface area (Å²) in [7, 11) is 0. The monoisotopic (exact) mass is 645 g/mol. The van der Waals surface area contributed by atoms with E-state index < -0.39 is 0 Å². The van der Waals surface area contributed by atoms with E-state index in [1.807, 2.05) is 12.1 Å². The summed E-state index contributed by atoms with van der Waals surface area (Å²) in [6.45, 7) is 4.42. The first-order valence-corrected chi connectivity index (χ1v) is 19.4. The highest BCUT2D eigenvalue weighted by molar-refractivity contribution is 5.47. The van der Waals surface area contributed by atoms with Crippen LogP contribution in [-0.4, -0.2) is 0 Å². The molecule has 0 fully saturated rings. The standard InChI is InChI=1S/C46H64N2/c1-3-41-35-45(47)31-29-43(41)33-39-25-21-37(22-26-39)19-17-15-13-11-9-7-5-6-8-10-12-14-16-18-20-38-23-27-40(28-24-38)34-44-30-32-46(48)36-42(44)4-2/h21-32,35-36H,3-20,33-34,47-48H2,1-2H3. The zero-order valence-electron chi connectivity index (χ0n) is 30.4. The van der Waals surface area contributed by atoms with E-state index in [4.69, 9.17) is 11.5 Å². The van der Waals surface area contributed by atoms with Crippen molar-refractivity contribution in [2.75, 3.05) is 11.5 Å². The molecule has 0 unspecified atom stereocenters. The molecule has 0 heterocycles. The average molecular weight is 645 g/mol. The van der Waals surface area contributed by atoms with Gasteiger partial charge in [0, 0.05) is 11.4 Å². The number of rotatable bonds is 23. The molecular weight excluding hydrogens is 581 g/mol. The maximum absolute atomic E-state index is 5.98. The molecule has 0 aliphatic heterocycles. The van der Waals surface area contributed by atoms with E-state index in [0.717, 1.165) is 37.1 Å². The van der Waals surface area contributed by atoms with Crippen LogP contribution in [0.3, 0.4) is 0 Å². The van der Waals surface area contributed by atoms with Gasteiger partial charge in [-0.2, -0.15) is 0 Å². The van der Waals surface area contributed by atoms with Crippen LogP contribution in [-0.2, 0) is 38.5 Å². The van der Waals surface area contributed by atoms with Crippen molar-refractivity contribution in [3.05, 3.63) is 129 Å². The fourth-order valence-electron chi connectivity index (χ4n) is 7.16. The van der Waals surface area contributed by atoms with Crippen molar-refractivity contribution in [1.82, 2.24) is 0 Å². The molecule has 0 saturated carbocycles. The fourth-order valence-corrected chi connectivity index (χ4v) is 7.16. The second-order valence-corrected chi connectivity index (χ2v) is 14.2. The summed E-state index contributed by atoms with van der Waals surface area (Å²) in [4.78, 5) is 0. The van der Waals surface area contributed by atoms with Crippen molar-refractivity contribution in [2.24, 2.45) is 0 Å². The third-order valence-corrected chi connectivity index (χ3v) is 10.2. The number of unbranched alkanes of at least 4 members (excludes halogenated alkanes) is 13. The Morgan fingerprint density at radius 3 is 0.938 bits per heavy atom. The van der Waals surface area contributed by atoms with Gasteiger partial charge in [0.1, 0.15) is 0 Å². The molecule has 4 aromatic rings. The van der Waals surface area contributed by atoms with Gasteiger partial charge >= 0.3 is 0 Å². The van der Waals surface area contributed by atoms with E-state index in [0.29, 0.717) is 0 Å². The van der Waals surface area contributed by atoms with Gasteiger partial charge in [-0.3, -0.25) is 0 Å². The van der Waals surface area contributed by atoms with Crippen molar-refractivity contribution in [3.8, 4) is 0 Å². The Labute approximate surface area is 293 Å². The molecule has 0 aliphatic carbocycles. The number of aryl methyl sites for hydroxylation is 4. The molecule has 0 spiro atoms. The highest BCUT2D eigenvalue weighted by atomic mass is 14.5. The second-order valence-electron chi connectivity index (χ2n) is 14.2. The number of nitrogens with two attached hydrogens (primary N) is 2. The average Bonchev–Trinajstić information content (AvgIpc) is 3.10. The molecule has 2 nitrogen and oxygen atoms in total. The predicted octanol–water partition coefficient (Wildman–Crippen LogP) is 12.4. The van der Waals surface area contributed by atoms with Gasteiger partial charge in [0.05, 0.1) is 0 Å². The molecule has 0 aliphatic rings. The Hall–Kier alpha value is -3.52. The maximum atomic E-state index is 5.98. The van der Waals surface area contributed by atoms with Gasteiger partial charge in [-0.25, -0.2) is 0 Å². The van der Waals surface area contributed by atoms with Crippen LogP contribution in [0.4, 0.5) is 11.4 Å². The van der Waals surface area contributed by atoms with Gasteiger partial charge in [-0.1, -0.05) is 152 Å². The van der Waals surface area contributed by atoms with Gasteiger partial charge in [-0.05, 0) is 120 Å². The highest BCUT2D eigenvalue weighted by Gasteiger charge is 2.05. The molecule has 0 amide bonds. The van der Waals surface area contributed by atoms with Crippen LogP contribution in [0.2, 0.25) is 0 Å². The molecule has 0 radical (unpaired) electrons. The van der Waals surface area contributed by atoms with Gasteiger partial charge < -0.3 is 11.5 Å². The first-order chi connectivity index (χ1) is 23.5. The number of benzene rings is 4. The van der Waals surface area contributed by atoms with Crippen LogP contribution in [0, 0.1) is 0 Å². The SMILES string of the molecule is CCc1cc(N)ccc1Cc1ccc(CCCCCCCCCCCCCCCCc2ccc(Cc3ccc(N)cc3CC)cc2)cc1. The van der Waals surface area contributed by atoms with Crippen LogP contribution < -0.4 is 11.5 Å². The summed E-state index contributed by atoms with van der Waals surface area (Å²) < 4.78 is 0. The highest BCUT2D eigenvalue weighted by Crippen LogP contribution is 2.21. The summed E-state index contributed by atoms with van der Waals surface area (Å²) in [6.07, 6.45) is 26.0. The molecule has 258 valence electrons. The lowest BCUT2D eigenvalue weighted by atomic mass is 9.96. The Bertz CT molecular complexity index is 1340. The Morgan fingerprint density at radius 2 is 0.625 bits per heavy atom. The maximum Gasteiger partial charge on any atom is 0.0316 e. The molecule has 4 aromatic carbocycles. The topological polar surface area (TPSA) is 52.0 Å². The third-order valence-electron chi connectivity index (χ3n) is 10.2. The number of nitrogen functional groups attached to an aromatic ring is 2. The third kappa shape index (κ3) is 13.5. The van der Waals surface area contributed by atoms with E-state index in [-0.39, 0.29) is 0 Å². The lowest BCUT2D eigenvalue weighted by molar-refractivity contribution is 0.533. The van der Waals surface area contributed by atoms with Gasteiger partial charge in [0.25, 0.3) is 0 Å². The lowest BCUT2D eigenvalue weighted by Crippen LogP contribution is -1.97. The van der Waals surface area contributed by atoms with Crippen LogP contribution in [0.25, 0.3) is 0 Å². The zero-order valence-corrected chi connectivity index (χ0v) is 30.4. The summed E-state index contributed by atoms with van der Waals surface area (Å²) in [5.41, 5.74) is 25.0. The molecule has 0 atom stereocenters. The second kappa shape index (κ2) is 21.5. The Kier molecular flexibility index (Phi) is 16.7. The minimum absolute atomic E-state index is 0.866. The van der Waals surface area contributed by atoms with Crippen molar-refractivity contribution in [2.45, 2.75) is 142 Å². The van der Waals surface area contributed by atoms with E-state index in [1.165, 1.54) is 147 Å². The van der Waals surface area contributed by atoms with Gasteiger partial charge in [0.2, 0.25) is 0 Å². The van der Waals surface area contributed by atoms with Crippen LogP contribution in [0.1, 0.15) is 148 Å². The van der Waals surface area contributed by atoms with Crippen molar-refractivity contribution >= 4 is 11.4 Å². The molecule has 0 aromatic heterocycles. The minimum Gasteiger partial charge on any atom is -0.399 e. The van der Waals surface area contributed by atoms with E-state index in [2.05, 4.69) is 86.6 Å². The predicted molar refractivity (Wildman–Crippen MR) is 211 cm³/mol. The van der Waals surface area contributed by atoms with Crippen molar-refractivity contribution < 1.29 is 0 Å². The first kappa shape index (κ1) is 37.3. The molecule has 48 heavy (non-hydrogen) atoms. The molecule has 4 N–H and O–H groups in total. The first-order valence-electron chi connectivity index (χ1n) is 19.4. The van der Waals surface area contributed by atoms with Crippen molar-refractivity contribution in [1.29, 1.82) is 0 Å². The molecular formula is C46H64N2. The molecule has 4 rings (SSSR count). The number of hydrogen-bond donors (Lipinski definition) is 2.